The Morgan fingerprint density at radius 3 is 2.84 bits per heavy atom. The van der Waals surface area contributed by atoms with E-state index in [1.807, 2.05) is 25.2 Å². The van der Waals surface area contributed by atoms with E-state index in [9.17, 15) is 4.79 Å². The second kappa shape index (κ2) is 7.29. The van der Waals surface area contributed by atoms with Crippen LogP contribution in [0, 0.1) is 5.92 Å². The third-order valence-electron chi connectivity index (χ3n) is 3.85. The zero-order valence-electron chi connectivity index (χ0n) is 11.7. The Morgan fingerprint density at radius 2 is 2.11 bits per heavy atom. The van der Waals surface area contributed by atoms with Crippen LogP contribution in [0.5, 0.6) is 0 Å². The van der Waals surface area contributed by atoms with Gasteiger partial charge in [0, 0.05) is 18.7 Å². The monoisotopic (exact) mass is 260 g/mol. The van der Waals surface area contributed by atoms with Crippen LogP contribution in [-0.2, 0) is 11.3 Å². The van der Waals surface area contributed by atoms with Crippen LogP contribution in [-0.4, -0.2) is 13.0 Å². The number of carbonyl (C=O) groups is 1. The molecule has 1 fully saturated rings. The molecule has 1 amide bonds. The molecule has 0 atom stereocenters. The van der Waals surface area contributed by atoms with Gasteiger partial charge < -0.3 is 10.6 Å². The van der Waals surface area contributed by atoms with Crippen molar-refractivity contribution in [3.05, 3.63) is 29.8 Å². The molecule has 3 nitrogen and oxygen atoms in total. The number of hydrogen-bond donors (Lipinski definition) is 2. The number of anilines is 1. The fourth-order valence-corrected chi connectivity index (χ4v) is 2.82. The first-order valence-corrected chi connectivity index (χ1v) is 7.31. The molecular formula is C16H24N2O. The molecule has 0 aromatic heterocycles. The highest BCUT2D eigenvalue weighted by molar-refractivity contribution is 5.90. The maximum Gasteiger partial charge on any atom is 0.224 e. The van der Waals surface area contributed by atoms with E-state index in [-0.39, 0.29) is 5.91 Å². The van der Waals surface area contributed by atoms with Crippen LogP contribution in [0.3, 0.4) is 0 Å². The molecule has 1 aliphatic carbocycles. The Labute approximate surface area is 115 Å². The number of rotatable bonds is 6. The maximum absolute atomic E-state index is 11.9. The Bertz CT molecular complexity index is 411. The molecule has 1 saturated carbocycles. The van der Waals surface area contributed by atoms with Gasteiger partial charge in [-0.25, -0.2) is 0 Å². The Hall–Kier alpha value is -1.35. The number of hydrogen-bond acceptors (Lipinski definition) is 2. The van der Waals surface area contributed by atoms with Crippen molar-refractivity contribution in [2.24, 2.45) is 5.92 Å². The van der Waals surface area contributed by atoms with Crippen molar-refractivity contribution >= 4 is 11.6 Å². The van der Waals surface area contributed by atoms with E-state index < -0.39 is 0 Å². The largest absolute Gasteiger partial charge is 0.326 e. The minimum absolute atomic E-state index is 0.147. The molecule has 2 N–H and O–H groups in total. The summed E-state index contributed by atoms with van der Waals surface area (Å²) in [5, 5.41) is 6.11. The van der Waals surface area contributed by atoms with Gasteiger partial charge in [-0.1, -0.05) is 37.8 Å². The van der Waals surface area contributed by atoms with Crippen LogP contribution in [0.4, 0.5) is 5.69 Å². The van der Waals surface area contributed by atoms with Gasteiger partial charge in [-0.3, -0.25) is 4.79 Å². The van der Waals surface area contributed by atoms with Crippen LogP contribution in [0.25, 0.3) is 0 Å². The van der Waals surface area contributed by atoms with Crippen LogP contribution < -0.4 is 10.6 Å². The van der Waals surface area contributed by atoms with Gasteiger partial charge in [-0.05, 0) is 37.1 Å². The summed E-state index contributed by atoms with van der Waals surface area (Å²) in [6.07, 6.45) is 7.01. The first-order chi connectivity index (χ1) is 9.28. The fourth-order valence-electron chi connectivity index (χ4n) is 2.82. The molecule has 0 spiro atoms. The molecule has 19 heavy (non-hydrogen) atoms. The van der Waals surface area contributed by atoms with Gasteiger partial charge in [0.2, 0.25) is 5.91 Å². The second-order valence-corrected chi connectivity index (χ2v) is 5.47. The molecular weight excluding hydrogens is 236 g/mol. The lowest BCUT2D eigenvalue weighted by Crippen LogP contribution is -2.13. The molecule has 0 aliphatic heterocycles. The topological polar surface area (TPSA) is 41.1 Å². The van der Waals surface area contributed by atoms with Gasteiger partial charge in [0.15, 0.2) is 0 Å². The molecule has 0 saturated heterocycles. The number of amides is 1. The van der Waals surface area contributed by atoms with Gasteiger partial charge in [0.05, 0.1) is 0 Å². The molecule has 1 aliphatic rings. The summed E-state index contributed by atoms with van der Waals surface area (Å²) in [5.41, 5.74) is 2.10. The normalized spacial score (nSPS) is 15.6. The van der Waals surface area contributed by atoms with Crippen molar-refractivity contribution in [2.45, 2.75) is 45.1 Å². The van der Waals surface area contributed by atoms with Crippen LogP contribution in [0.15, 0.2) is 24.3 Å². The highest BCUT2D eigenvalue weighted by Gasteiger charge is 2.16. The Balaban J connectivity index is 1.79. The van der Waals surface area contributed by atoms with Crippen molar-refractivity contribution in [3.63, 3.8) is 0 Å². The smallest absolute Gasteiger partial charge is 0.224 e. The van der Waals surface area contributed by atoms with Gasteiger partial charge >= 0.3 is 0 Å². The minimum Gasteiger partial charge on any atom is -0.326 e. The molecule has 0 bridgehead atoms. The molecule has 0 radical (unpaired) electrons. The van der Waals surface area contributed by atoms with Crippen LogP contribution in [0.2, 0.25) is 0 Å². The summed E-state index contributed by atoms with van der Waals surface area (Å²) >= 11 is 0. The zero-order chi connectivity index (χ0) is 13.5. The summed E-state index contributed by atoms with van der Waals surface area (Å²) in [5.74, 6) is 0.926. The van der Waals surface area contributed by atoms with E-state index >= 15 is 0 Å². The molecule has 0 heterocycles. The highest BCUT2D eigenvalue weighted by Crippen LogP contribution is 2.28. The zero-order valence-corrected chi connectivity index (χ0v) is 11.7. The van der Waals surface area contributed by atoms with E-state index in [1.165, 1.54) is 31.2 Å². The lowest BCUT2D eigenvalue weighted by atomic mass is 10.0. The predicted octanol–water partition coefficient (Wildman–Crippen LogP) is 3.31. The van der Waals surface area contributed by atoms with Gasteiger partial charge in [-0.2, -0.15) is 0 Å². The Morgan fingerprint density at radius 1 is 1.32 bits per heavy atom. The predicted molar refractivity (Wildman–Crippen MR) is 79.0 cm³/mol. The summed E-state index contributed by atoms with van der Waals surface area (Å²) in [7, 11) is 1.92. The van der Waals surface area contributed by atoms with E-state index in [0.29, 0.717) is 6.42 Å². The minimum atomic E-state index is 0.147. The van der Waals surface area contributed by atoms with E-state index in [4.69, 9.17) is 0 Å². The molecule has 1 aromatic carbocycles. The summed E-state index contributed by atoms with van der Waals surface area (Å²) < 4.78 is 0. The summed E-state index contributed by atoms with van der Waals surface area (Å²) in [6, 6.07) is 8.03. The van der Waals surface area contributed by atoms with E-state index in [1.54, 1.807) is 0 Å². The van der Waals surface area contributed by atoms with Crippen LogP contribution >= 0.6 is 0 Å². The van der Waals surface area contributed by atoms with Gasteiger partial charge in [0.25, 0.3) is 0 Å². The van der Waals surface area contributed by atoms with E-state index in [2.05, 4.69) is 16.7 Å². The lowest BCUT2D eigenvalue weighted by Gasteiger charge is -2.10. The van der Waals surface area contributed by atoms with Gasteiger partial charge in [0.1, 0.15) is 0 Å². The van der Waals surface area contributed by atoms with Crippen molar-refractivity contribution in [1.82, 2.24) is 5.32 Å². The first-order valence-electron chi connectivity index (χ1n) is 7.31. The number of benzene rings is 1. The summed E-state index contributed by atoms with van der Waals surface area (Å²) in [4.78, 5) is 11.9. The lowest BCUT2D eigenvalue weighted by molar-refractivity contribution is -0.116. The maximum atomic E-state index is 11.9. The molecule has 104 valence electrons. The Kier molecular flexibility index (Phi) is 5.40. The number of nitrogens with one attached hydrogen (secondary N) is 2. The average Bonchev–Trinajstić information content (AvgIpc) is 2.90. The SMILES string of the molecule is CNCc1cccc(NC(=O)CCC2CCCC2)c1. The van der Waals surface area contributed by atoms with Crippen molar-refractivity contribution in [3.8, 4) is 0 Å². The fraction of sp³-hybridized carbons (Fsp3) is 0.562. The molecule has 3 heteroatoms. The molecule has 0 unspecified atom stereocenters. The van der Waals surface area contributed by atoms with Crippen molar-refractivity contribution in [2.75, 3.05) is 12.4 Å². The standard InChI is InChI=1S/C16H24N2O/c1-17-12-14-7-4-8-15(11-14)18-16(19)10-9-13-5-2-3-6-13/h4,7-8,11,13,17H,2-3,5-6,9-10,12H2,1H3,(H,18,19). The third kappa shape index (κ3) is 4.67. The van der Waals surface area contributed by atoms with Crippen LogP contribution in [0.1, 0.15) is 44.1 Å². The van der Waals surface area contributed by atoms with Crippen molar-refractivity contribution in [1.29, 1.82) is 0 Å². The molecule has 1 aromatic rings. The van der Waals surface area contributed by atoms with Gasteiger partial charge in [-0.15, -0.1) is 0 Å². The second-order valence-electron chi connectivity index (χ2n) is 5.47. The van der Waals surface area contributed by atoms with Crippen molar-refractivity contribution < 1.29 is 4.79 Å². The quantitative estimate of drug-likeness (QED) is 0.824. The number of carbonyl (C=O) groups excluding carboxylic acids is 1. The third-order valence-corrected chi connectivity index (χ3v) is 3.85. The van der Waals surface area contributed by atoms with E-state index in [0.717, 1.165) is 24.6 Å². The highest BCUT2D eigenvalue weighted by atomic mass is 16.1. The first kappa shape index (κ1) is 14.1. The average molecular weight is 260 g/mol. The molecule has 2 rings (SSSR count). The summed E-state index contributed by atoms with van der Waals surface area (Å²) in [6.45, 7) is 0.825.